The molecule has 1 saturated heterocycles. The summed E-state index contributed by atoms with van der Waals surface area (Å²) >= 11 is 0. The summed E-state index contributed by atoms with van der Waals surface area (Å²) in [5, 5.41) is 0. The Bertz CT molecular complexity index is 218. The molecule has 108 valence electrons. The van der Waals surface area contributed by atoms with Crippen molar-refractivity contribution in [1.82, 2.24) is 9.80 Å². The van der Waals surface area contributed by atoms with Gasteiger partial charge in [-0.05, 0) is 39.2 Å². The molecule has 3 unspecified atom stereocenters. The molecule has 0 bridgehead atoms. The van der Waals surface area contributed by atoms with Gasteiger partial charge in [0.15, 0.2) is 0 Å². The van der Waals surface area contributed by atoms with Crippen molar-refractivity contribution in [1.29, 1.82) is 0 Å². The molecule has 0 aromatic heterocycles. The molecule has 0 aromatic carbocycles. The van der Waals surface area contributed by atoms with Crippen molar-refractivity contribution in [3.05, 3.63) is 0 Å². The van der Waals surface area contributed by atoms with Gasteiger partial charge in [0.05, 0.1) is 0 Å². The van der Waals surface area contributed by atoms with Crippen LogP contribution in [0.4, 0.5) is 0 Å². The van der Waals surface area contributed by atoms with Crippen molar-refractivity contribution in [2.75, 3.05) is 32.7 Å². The smallest absolute Gasteiger partial charge is 0.0195 e. The molecule has 0 spiro atoms. The Kier molecular flexibility index (Phi) is 7.20. The van der Waals surface area contributed by atoms with Gasteiger partial charge in [0.25, 0.3) is 0 Å². The van der Waals surface area contributed by atoms with Crippen LogP contribution in [-0.2, 0) is 0 Å². The molecular weight excluding hydrogens is 222 g/mol. The highest BCUT2D eigenvalue weighted by atomic mass is 15.3. The lowest BCUT2D eigenvalue weighted by atomic mass is 10.0. The minimum atomic E-state index is 0.366. The van der Waals surface area contributed by atoms with E-state index in [9.17, 15) is 0 Å². The average Bonchev–Trinajstić information content (AvgIpc) is 2.28. The normalized spacial score (nSPS) is 26.2. The van der Waals surface area contributed by atoms with Gasteiger partial charge in [-0.25, -0.2) is 0 Å². The van der Waals surface area contributed by atoms with Crippen LogP contribution >= 0.6 is 0 Å². The average molecular weight is 255 g/mol. The molecule has 1 fully saturated rings. The van der Waals surface area contributed by atoms with E-state index >= 15 is 0 Å². The van der Waals surface area contributed by atoms with E-state index in [1.165, 1.54) is 52.0 Å². The maximum Gasteiger partial charge on any atom is 0.0195 e. The molecule has 3 heteroatoms. The summed E-state index contributed by atoms with van der Waals surface area (Å²) in [5.74, 6) is 0.809. The molecule has 18 heavy (non-hydrogen) atoms. The Morgan fingerprint density at radius 3 is 2.50 bits per heavy atom. The third kappa shape index (κ3) is 5.68. The second-order valence-electron chi connectivity index (χ2n) is 6.25. The molecule has 1 rings (SSSR count). The second-order valence-corrected chi connectivity index (χ2v) is 6.25. The maximum absolute atomic E-state index is 5.80. The van der Waals surface area contributed by atoms with Crippen molar-refractivity contribution >= 4 is 0 Å². The van der Waals surface area contributed by atoms with E-state index in [4.69, 9.17) is 5.73 Å². The molecule has 1 aliphatic rings. The first-order valence-corrected chi connectivity index (χ1v) is 7.74. The van der Waals surface area contributed by atoms with E-state index in [1.54, 1.807) is 0 Å². The van der Waals surface area contributed by atoms with Crippen LogP contribution in [0.25, 0.3) is 0 Å². The molecule has 3 atom stereocenters. The van der Waals surface area contributed by atoms with Gasteiger partial charge in [-0.2, -0.15) is 0 Å². The zero-order valence-electron chi connectivity index (χ0n) is 12.9. The van der Waals surface area contributed by atoms with E-state index in [1.807, 2.05) is 0 Å². The van der Waals surface area contributed by atoms with Crippen LogP contribution in [0, 0.1) is 5.92 Å². The summed E-state index contributed by atoms with van der Waals surface area (Å²) in [6, 6.07) is 1.09. The minimum absolute atomic E-state index is 0.366. The highest BCUT2D eigenvalue weighted by molar-refractivity contribution is 4.79. The van der Waals surface area contributed by atoms with E-state index in [0.29, 0.717) is 6.04 Å². The Morgan fingerprint density at radius 2 is 1.94 bits per heavy atom. The van der Waals surface area contributed by atoms with E-state index in [2.05, 4.69) is 37.5 Å². The fourth-order valence-electron chi connectivity index (χ4n) is 3.03. The third-order valence-electron chi connectivity index (χ3n) is 4.18. The molecule has 0 radical (unpaired) electrons. The summed E-state index contributed by atoms with van der Waals surface area (Å²) in [6.07, 6.45) is 3.78. The van der Waals surface area contributed by atoms with Crippen LogP contribution in [0.15, 0.2) is 0 Å². The first-order chi connectivity index (χ1) is 8.52. The van der Waals surface area contributed by atoms with Crippen LogP contribution in [0.2, 0.25) is 0 Å². The van der Waals surface area contributed by atoms with Gasteiger partial charge >= 0.3 is 0 Å². The number of hydrogen-bond acceptors (Lipinski definition) is 3. The molecular formula is C15H33N3. The van der Waals surface area contributed by atoms with Crippen molar-refractivity contribution < 1.29 is 0 Å². The van der Waals surface area contributed by atoms with Crippen molar-refractivity contribution in [3.8, 4) is 0 Å². The molecule has 1 aliphatic heterocycles. The van der Waals surface area contributed by atoms with Crippen molar-refractivity contribution in [2.45, 2.75) is 59.0 Å². The molecule has 0 amide bonds. The number of likely N-dealkylation sites (N-methyl/N-ethyl adjacent to an activating group) is 1. The zero-order valence-corrected chi connectivity index (χ0v) is 12.9. The number of rotatable bonds is 7. The topological polar surface area (TPSA) is 32.5 Å². The Balaban J connectivity index is 2.18. The lowest BCUT2D eigenvalue weighted by molar-refractivity contribution is 0.0777. The second kappa shape index (κ2) is 8.13. The van der Waals surface area contributed by atoms with Gasteiger partial charge in [-0.1, -0.05) is 20.3 Å². The highest BCUT2D eigenvalue weighted by Crippen LogP contribution is 2.14. The Hall–Kier alpha value is -0.120. The molecule has 1 heterocycles. The lowest BCUT2D eigenvalue weighted by Crippen LogP contribution is -2.52. The number of piperazine rings is 1. The van der Waals surface area contributed by atoms with Gasteiger partial charge in [0, 0.05) is 38.3 Å². The minimum Gasteiger partial charge on any atom is -0.328 e. The van der Waals surface area contributed by atoms with E-state index in [0.717, 1.165) is 12.0 Å². The monoisotopic (exact) mass is 255 g/mol. The van der Waals surface area contributed by atoms with Crippen LogP contribution in [-0.4, -0.2) is 54.6 Å². The zero-order chi connectivity index (χ0) is 13.5. The number of hydrogen-bond donors (Lipinski definition) is 1. The van der Waals surface area contributed by atoms with Crippen molar-refractivity contribution in [3.63, 3.8) is 0 Å². The number of nitrogens with zero attached hydrogens (tertiary/aromatic N) is 2. The van der Waals surface area contributed by atoms with E-state index < -0.39 is 0 Å². The van der Waals surface area contributed by atoms with Gasteiger partial charge in [-0.3, -0.25) is 4.90 Å². The SMILES string of the molecule is CCN1CCN(CC(C)CCCC(C)N)CC1C. The highest BCUT2D eigenvalue weighted by Gasteiger charge is 2.22. The fourth-order valence-corrected chi connectivity index (χ4v) is 3.03. The third-order valence-corrected chi connectivity index (χ3v) is 4.18. The molecule has 0 saturated carbocycles. The molecule has 0 aliphatic carbocycles. The van der Waals surface area contributed by atoms with Crippen LogP contribution < -0.4 is 5.73 Å². The van der Waals surface area contributed by atoms with Crippen molar-refractivity contribution in [2.24, 2.45) is 11.7 Å². The van der Waals surface area contributed by atoms with Crippen LogP contribution in [0.1, 0.15) is 47.0 Å². The predicted octanol–water partition coefficient (Wildman–Crippen LogP) is 2.17. The lowest BCUT2D eigenvalue weighted by Gasteiger charge is -2.40. The predicted molar refractivity (Wildman–Crippen MR) is 79.8 cm³/mol. The Morgan fingerprint density at radius 1 is 1.22 bits per heavy atom. The summed E-state index contributed by atoms with van der Waals surface area (Å²) in [7, 11) is 0. The molecule has 2 N–H and O–H groups in total. The van der Waals surface area contributed by atoms with Gasteiger partial charge in [0.1, 0.15) is 0 Å². The van der Waals surface area contributed by atoms with Gasteiger partial charge < -0.3 is 10.6 Å². The van der Waals surface area contributed by atoms with Gasteiger partial charge in [0.2, 0.25) is 0 Å². The quantitative estimate of drug-likeness (QED) is 0.757. The van der Waals surface area contributed by atoms with E-state index in [-0.39, 0.29) is 0 Å². The summed E-state index contributed by atoms with van der Waals surface area (Å²) in [4.78, 5) is 5.23. The summed E-state index contributed by atoms with van der Waals surface area (Å²) < 4.78 is 0. The number of nitrogens with two attached hydrogens (primary N) is 1. The Labute approximate surface area is 114 Å². The molecule has 0 aromatic rings. The summed E-state index contributed by atoms with van der Waals surface area (Å²) in [6.45, 7) is 15.3. The largest absolute Gasteiger partial charge is 0.328 e. The standard InChI is InChI=1S/C15H33N3/c1-5-18-10-9-17(12-15(18)4)11-13(2)7-6-8-14(3)16/h13-15H,5-12,16H2,1-4H3. The molecule has 3 nitrogen and oxygen atoms in total. The first-order valence-electron chi connectivity index (χ1n) is 7.74. The van der Waals surface area contributed by atoms with Crippen LogP contribution in [0.3, 0.4) is 0 Å². The first kappa shape index (κ1) is 15.9. The van der Waals surface area contributed by atoms with Gasteiger partial charge in [-0.15, -0.1) is 0 Å². The van der Waals surface area contributed by atoms with Crippen LogP contribution in [0.5, 0.6) is 0 Å². The summed E-state index contributed by atoms with van der Waals surface area (Å²) in [5.41, 5.74) is 5.80. The fraction of sp³-hybridized carbons (Fsp3) is 1.00. The maximum atomic E-state index is 5.80.